The van der Waals surface area contributed by atoms with E-state index in [9.17, 15) is 4.79 Å². The van der Waals surface area contributed by atoms with Crippen molar-refractivity contribution in [3.63, 3.8) is 0 Å². The Kier molecular flexibility index (Phi) is 5.48. The zero-order valence-corrected chi connectivity index (χ0v) is 13.7. The molecule has 0 bridgehead atoms. The number of amides is 1. The van der Waals surface area contributed by atoms with Gasteiger partial charge in [-0.3, -0.25) is 15.2 Å². The first-order chi connectivity index (χ1) is 12.3. The zero-order chi connectivity index (χ0) is 17.3. The van der Waals surface area contributed by atoms with Gasteiger partial charge in [-0.1, -0.05) is 66.4 Å². The van der Waals surface area contributed by atoms with E-state index in [1.165, 1.54) is 0 Å². The van der Waals surface area contributed by atoms with Crippen LogP contribution in [0.5, 0.6) is 0 Å². The Hall–Kier alpha value is -3.51. The summed E-state index contributed by atoms with van der Waals surface area (Å²) in [6, 6.07) is 28.6. The molecule has 0 spiro atoms. The molecule has 3 aromatic rings. The van der Waals surface area contributed by atoms with E-state index in [0.29, 0.717) is 12.1 Å². The summed E-state index contributed by atoms with van der Waals surface area (Å²) in [5.41, 5.74) is 5.37. The number of anilines is 1. The minimum absolute atomic E-state index is 0.161. The standard InChI is InChI=1S/C22H18N2O/c25-22(20-14-6-2-7-15-20)23-24(21-16-8-3-9-17-21)18-10-13-19-11-4-1-5-12-19/h1-9,11-12,14-17H,18H2,(H,23,25). The van der Waals surface area contributed by atoms with Crippen LogP contribution in [0.25, 0.3) is 0 Å². The van der Waals surface area contributed by atoms with Gasteiger partial charge >= 0.3 is 0 Å². The summed E-state index contributed by atoms with van der Waals surface area (Å²) in [4.78, 5) is 12.5. The van der Waals surface area contributed by atoms with E-state index < -0.39 is 0 Å². The van der Waals surface area contributed by atoms with Crippen molar-refractivity contribution in [3.05, 3.63) is 102 Å². The number of hydrazine groups is 1. The zero-order valence-electron chi connectivity index (χ0n) is 13.7. The molecule has 25 heavy (non-hydrogen) atoms. The Bertz CT molecular complexity index is 865. The van der Waals surface area contributed by atoms with E-state index in [1.54, 1.807) is 17.1 Å². The number of rotatable bonds is 4. The van der Waals surface area contributed by atoms with Gasteiger partial charge in [0.1, 0.15) is 6.54 Å². The second-order valence-electron chi connectivity index (χ2n) is 5.40. The summed E-state index contributed by atoms with van der Waals surface area (Å²) in [6.45, 7) is 0.386. The van der Waals surface area contributed by atoms with Gasteiger partial charge in [-0.05, 0) is 36.4 Å². The van der Waals surface area contributed by atoms with Crippen molar-refractivity contribution in [2.45, 2.75) is 0 Å². The van der Waals surface area contributed by atoms with E-state index in [1.807, 2.05) is 78.9 Å². The van der Waals surface area contributed by atoms with Crippen LogP contribution in [0.15, 0.2) is 91.0 Å². The van der Waals surface area contributed by atoms with Gasteiger partial charge in [0.2, 0.25) is 0 Å². The van der Waals surface area contributed by atoms with Gasteiger partial charge in [0.25, 0.3) is 5.91 Å². The maximum atomic E-state index is 12.5. The van der Waals surface area contributed by atoms with E-state index in [-0.39, 0.29) is 5.91 Å². The molecule has 0 radical (unpaired) electrons. The second-order valence-corrected chi connectivity index (χ2v) is 5.40. The number of carbonyl (C=O) groups is 1. The van der Waals surface area contributed by atoms with Crippen molar-refractivity contribution in [2.75, 3.05) is 11.6 Å². The number of nitrogens with zero attached hydrogens (tertiary/aromatic N) is 1. The van der Waals surface area contributed by atoms with Crippen LogP contribution in [0.2, 0.25) is 0 Å². The number of hydrogen-bond donors (Lipinski definition) is 1. The highest BCUT2D eigenvalue weighted by atomic mass is 16.2. The van der Waals surface area contributed by atoms with Crippen molar-refractivity contribution < 1.29 is 4.79 Å². The van der Waals surface area contributed by atoms with Gasteiger partial charge in [-0.15, -0.1) is 0 Å². The monoisotopic (exact) mass is 326 g/mol. The van der Waals surface area contributed by atoms with Crippen molar-refractivity contribution in [1.29, 1.82) is 0 Å². The molecule has 3 aromatic carbocycles. The van der Waals surface area contributed by atoms with E-state index in [4.69, 9.17) is 0 Å². The Morgan fingerprint density at radius 3 is 2.00 bits per heavy atom. The molecule has 0 saturated carbocycles. The molecule has 0 atom stereocenters. The third-order valence-electron chi connectivity index (χ3n) is 3.58. The summed E-state index contributed by atoms with van der Waals surface area (Å²) >= 11 is 0. The van der Waals surface area contributed by atoms with Crippen LogP contribution < -0.4 is 10.4 Å². The van der Waals surface area contributed by atoms with Gasteiger partial charge in [-0.2, -0.15) is 0 Å². The van der Waals surface area contributed by atoms with Crippen LogP contribution >= 0.6 is 0 Å². The molecule has 1 amide bonds. The van der Waals surface area contributed by atoms with Crippen molar-refractivity contribution in [3.8, 4) is 11.8 Å². The molecular weight excluding hydrogens is 308 g/mol. The van der Waals surface area contributed by atoms with Gasteiger partial charge in [-0.25, -0.2) is 0 Å². The van der Waals surface area contributed by atoms with Crippen molar-refractivity contribution >= 4 is 11.6 Å². The second kappa shape index (κ2) is 8.37. The number of hydrogen-bond acceptors (Lipinski definition) is 2. The molecule has 0 heterocycles. The topological polar surface area (TPSA) is 32.3 Å². The average Bonchev–Trinajstić information content (AvgIpc) is 2.69. The fourth-order valence-electron chi connectivity index (χ4n) is 2.32. The SMILES string of the molecule is O=C(NN(CC#Cc1ccccc1)c1ccccc1)c1ccccc1. The average molecular weight is 326 g/mol. The molecule has 0 aliphatic heterocycles. The maximum Gasteiger partial charge on any atom is 0.269 e. The van der Waals surface area contributed by atoms with Crippen LogP contribution in [0.4, 0.5) is 5.69 Å². The Labute approximate surface area is 147 Å². The maximum absolute atomic E-state index is 12.5. The van der Waals surface area contributed by atoms with Crippen molar-refractivity contribution in [1.82, 2.24) is 5.43 Å². The minimum Gasteiger partial charge on any atom is -0.273 e. The fraction of sp³-hybridized carbons (Fsp3) is 0.0455. The van der Waals surface area contributed by atoms with E-state index in [2.05, 4.69) is 17.3 Å². The molecule has 0 aliphatic carbocycles. The highest BCUT2D eigenvalue weighted by molar-refractivity contribution is 5.95. The molecule has 0 fully saturated rings. The summed E-state index contributed by atoms with van der Waals surface area (Å²) in [6.07, 6.45) is 0. The third-order valence-corrected chi connectivity index (χ3v) is 3.58. The molecule has 3 nitrogen and oxygen atoms in total. The lowest BCUT2D eigenvalue weighted by molar-refractivity contribution is 0.0950. The predicted octanol–water partition coefficient (Wildman–Crippen LogP) is 3.89. The lowest BCUT2D eigenvalue weighted by atomic mass is 10.2. The molecule has 0 saturated heterocycles. The summed E-state index contributed by atoms with van der Waals surface area (Å²) in [5.74, 6) is 6.07. The van der Waals surface area contributed by atoms with Crippen LogP contribution in [-0.4, -0.2) is 12.5 Å². The molecule has 0 unspecified atom stereocenters. The number of nitrogens with one attached hydrogen (secondary N) is 1. The summed E-state index contributed by atoms with van der Waals surface area (Å²) < 4.78 is 0. The van der Waals surface area contributed by atoms with Gasteiger partial charge in [0.05, 0.1) is 5.69 Å². The van der Waals surface area contributed by atoms with Gasteiger partial charge in [0.15, 0.2) is 0 Å². The molecule has 0 aliphatic rings. The number of carbonyl (C=O) groups excluding carboxylic acids is 1. The highest BCUT2D eigenvalue weighted by Gasteiger charge is 2.10. The van der Waals surface area contributed by atoms with Crippen LogP contribution in [0.3, 0.4) is 0 Å². The first kappa shape index (κ1) is 16.4. The van der Waals surface area contributed by atoms with Crippen LogP contribution in [0, 0.1) is 11.8 Å². The molecule has 122 valence electrons. The quantitative estimate of drug-likeness (QED) is 0.583. The van der Waals surface area contributed by atoms with Gasteiger partial charge < -0.3 is 0 Å². The normalized spacial score (nSPS) is 9.60. The van der Waals surface area contributed by atoms with E-state index >= 15 is 0 Å². The first-order valence-electron chi connectivity index (χ1n) is 8.05. The first-order valence-corrected chi connectivity index (χ1v) is 8.05. The fourth-order valence-corrected chi connectivity index (χ4v) is 2.32. The smallest absolute Gasteiger partial charge is 0.269 e. The largest absolute Gasteiger partial charge is 0.273 e. The molecular formula is C22H18N2O. The van der Waals surface area contributed by atoms with Crippen LogP contribution in [0.1, 0.15) is 15.9 Å². The lowest BCUT2D eigenvalue weighted by Crippen LogP contribution is -2.42. The Morgan fingerprint density at radius 2 is 1.36 bits per heavy atom. The van der Waals surface area contributed by atoms with Crippen molar-refractivity contribution in [2.24, 2.45) is 0 Å². The Balaban J connectivity index is 1.77. The molecule has 0 aromatic heterocycles. The third kappa shape index (κ3) is 4.73. The molecule has 1 N–H and O–H groups in total. The number of benzene rings is 3. The highest BCUT2D eigenvalue weighted by Crippen LogP contribution is 2.11. The molecule has 3 rings (SSSR count). The molecule has 3 heteroatoms. The predicted molar refractivity (Wildman–Crippen MR) is 101 cm³/mol. The number of para-hydroxylation sites is 1. The van der Waals surface area contributed by atoms with Crippen LogP contribution in [-0.2, 0) is 0 Å². The Morgan fingerprint density at radius 1 is 0.800 bits per heavy atom. The minimum atomic E-state index is -0.161. The summed E-state index contributed by atoms with van der Waals surface area (Å²) in [5, 5.41) is 1.76. The lowest BCUT2D eigenvalue weighted by Gasteiger charge is -2.23. The van der Waals surface area contributed by atoms with E-state index in [0.717, 1.165) is 11.3 Å². The summed E-state index contributed by atoms with van der Waals surface area (Å²) in [7, 11) is 0. The van der Waals surface area contributed by atoms with Gasteiger partial charge in [0, 0.05) is 11.1 Å².